The van der Waals surface area contributed by atoms with E-state index in [0.29, 0.717) is 22.5 Å². The van der Waals surface area contributed by atoms with Gasteiger partial charge >= 0.3 is 0 Å². The first kappa shape index (κ1) is 10.3. The van der Waals surface area contributed by atoms with Crippen molar-refractivity contribution in [2.45, 2.75) is 19.9 Å². The van der Waals surface area contributed by atoms with Gasteiger partial charge in [0.25, 0.3) is 0 Å². The molecule has 16 heavy (non-hydrogen) atoms. The third kappa shape index (κ3) is 1.46. The molecule has 84 valence electrons. The number of hydrogen-bond acceptors (Lipinski definition) is 6. The number of rotatable bonds is 2. The highest BCUT2D eigenvalue weighted by atomic mass is 16.4. The van der Waals surface area contributed by atoms with E-state index in [-0.39, 0.29) is 6.04 Å². The van der Waals surface area contributed by atoms with E-state index in [9.17, 15) is 0 Å². The average Bonchev–Trinajstić information content (AvgIpc) is 2.59. The molecule has 0 saturated carbocycles. The molecule has 0 fully saturated rings. The van der Waals surface area contributed by atoms with Gasteiger partial charge in [0.05, 0.1) is 11.6 Å². The largest absolute Gasteiger partial charge is 0.411 e. The Balaban J connectivity index is 2.81. The lowest BCUT2D eigenvalue weighted by Crippen LogP contribution is -2.04. The summed E-state index contributed by atoms with van der Waals surface area (Å²) in [6, 6.07) is 0.137. The van der Waals surface area contributed by atoms with E-state index in [0.717, 1.165) is 0 Å². The van der Waals surface area contributed by atoms with Gasteiger partial charge < -0.3 is 10.9 Å². The molecule has 0 aliphatic rings. The molecule has 7 heteroatoms. The summed E-state index contributed by atoms with van der Waals surface area (Å²) in [5, 5.41) is 16.4. The number of anilines is 1. The first-order valence-corrected chi connectivity index (χ1v) is 4.81. The van der Waals surface area contributed by atoms with Crippen LogP contribution >= 0.6 is 0 Å². The zero-order chi connectivity index (χ0) is 11.7. The molecule has 0 radical (unpaired) electrons. The number of fused-ring (bicyclic) bond motifs is 1. The van der Waals surface area contributed by atoms with Gasteiger partial charge in [-0.1, -0.05) is 5.16 Å². The van der Waals surface area contributed by atoms with Gasteiger partial charge in [-0.25, -0.2) is 14.6 Å². The summed E-state index contributed by atoms with van der Waals surface area (Å²) in [5.41, 5.74) is 6.85. The summed E-state index contributed by atoms with van der Waals surface area (Å²) in [7, 11) is 0. The van der Waals surface area contributed by atoms with Gasteiger partial charge in [0.2, 0.25) is 0 Å². The van der Waals surface area contributed by atoms with Crippen LogP contribution in [0.4, 0.5) is 5.82 Å². The lowest BCUT2D eigenvalue weighted by atomic mass is 10.3. The van der Waals surface area contributed by atoms with Crippen molar-refractivity contribution in [2.75, 3.05) is 5.73 Å². The second-order valence-corrected chi connectivity index (χ2v) is 3.63. The van der Waals surface area contributed by atoms with E-state index in [1.54, 1.807) is 4.68 Å². The molecule has 0 saturated heterocycles. The highest BCUT2D eigenvalue weighted by Gasteiger charge is 2.15. The second-order valence-electron chi connectivity index (χ2n) is 3.63. The number of hydrogen-bond donors (Lipinski definition) is 2. The van der Waals surface area contributed by atoms with Crippen LogP contribution in [0.1, 0.15) is 25.6 Å². The molecule has 0 unspecified atom stereocenters. The van der Waals surface area contributed by atoms with Crippen LogP contribution in [0.25, 0.3) is 11.0 Å². The van der Waals surface area contributed by atoms with E-state index in [4.69, 9.17) is 10.9 Å². The van der Waals surface area contributed by atoms with Crippen molar-refractivity contribution >= 4 is 23.1 Å². The molecule has 0 amide bonds. The Morgan fingerprint density at radius 1 is 1.50 bits per heavy atom. The maximum absolute atomic E-state index is 8.56. The standard InChI is InChI=1S/C9H12N6O/c1-5(2)15-9-7(6(14-15)3-13-16)8(10)11-4-12-9/h3-5,16H,1-2H3,(H2,10,11,12)/b13-3+. The van der Waals surface area contributed by atoms with Crippen molar-refractivity contribution in [1.82, 2.24) is 19.7 Å². The van der Waals surface area contributed by atoms with Gasteiger partial charge in [0.15, 0.2) is 5.65 Å². The number of nitrogens with zero attached hydrogens (tertiary/aromatic N) is 5. The van der Waals surface area contributed by atoms with Gasteiger partial charge in [-0.2, -0.15) is 5.10 Å². The smallest absolute Gasteiger partial charge is 0.164 e. The minimum atomic E-state index is 0.137. The van der Waals surface area contributed by atoms with E-state index in [1.165, 1.54) is 12.5 Å². The summed E-state index contributed by atoms with van der Waals surface area (Å²) < 4.78 is 1.71. The van der Waals surface area contributed by atoms with E-state index >= 15 is 0 Å². The monoisotopic (exact) mass is 220 g/mol. The number of aromatic nitrogens is 4. The molecular weight excluding hydrogens is 208 g/mol. The Bertz CT molecular complexity index is 544. The predicted octanol–water partition coefficient (Wildman–Crippen LogP) is 0.798. The lowest BCUT2D eigenvalue weighted by Gasteiger charge is -2.05. The minimum Gasteiger partial charge on any atom is -0.411 e. The zero-order valence-electron chi connectivity index (χ0n) is 8.99. The summed E-state index contributed by atoms with van der Waals surface area (Å²) in [6.45, 7) is 3.95. The van der Waals surface area contributed by atoms with Crippen molar-refractivity contribution in [3.8, 4) is 0 Å². The van der Waals surface area contributed by atoms with Crippen molar-refractivity contribution in [3.05, 3.63) is 12.0 Å². The topological polar surface area (TPSA) is 102 Å². The quantitative estimate of drug-likeness (QED) is 0.442. The highest BCUT2D eigenvalue weighted by Crippen LogP contribution is 2.22. The Morgan fingerprint density at radius 2 is 2.25 bits per heavy atom. The van der Waals surface area contributed by atoms with Gasteiger partial charge in [-0.3, -0.25) is 0 Å². The fourth-order valence-electron chi connectivity index (χ4n) is 1.53. The maximum atomic E-state index is 8.56. The fraction of sp³-hybridized carbons (Fsp3) is 0.333. The molecule has 0 bridgehead atoms. The maximum Gasteiger partial charge on any atom is 0.164 e. The molecule has 0 atom stereocenters. The molecule has 0 spiro atoms. The Morgan fingerprint density at radius 3 is 2.88 bits per heavy atom. The Hall–Kier alpha value is -2.18. The SMILES string of the molecule is CC(C)n1nc(/C=N/O)c2c(N)ncnc21. The van der Waals surface area contributed by atoms with Crippen LogP contribution in [0.15, 0.2) is 11.5 Å². The van der Waals surface area contributed by atoms with Gasteiger partial charge in [-0.05, 0) is 13.8 Å². The highest BCUT2D eigenvalue weighted by molar-refractivity contribution is 6.00. The van der Waals surface area contributed by atoms with Crippen LogP contribution in [0.3, 0.4) is 0 Å². The summed E-state index contributed by atoms with van der Waals surface area (Å²) in [6.07, 6.45) is 2.61. The molecule has 2 rings (SSSR count). The van der Waals surface area contributed by atoms with Crippen LogP contribution in [0.5, 0.6) is 0 Å². The van der Waals surface area contributed by atoms with Gasteiger partial charge in [0.1, 0.15) is 17.8 Å². The van der Waals surface area contributed by atoms with E-state index in [2.05, 4.69) is 20.2 Å². The van der Waals surface area contributed by atoms with Crippen LogP contribution in [-0.4, -0.2) is 31.2 Å². The summed E-state index contributed by atoms with van der Waals surface area (Å²) in [5.74, 6) is 0.326. The molecule has 2 aromatic heterocycles. The third-order valence-electron chi connectivity index (χ3n) is 2.21. The summed E-state index contributed by atoms with van der Waals surface area (Å²) in [4.78, 5) is 8.03. The molecule has 7 nitrogen and oxygen atoms in total. The average molecular weight is 220 g/mol. The minimum absolute atomic E-state index is 0.137. The molecule has 2 aromatic rings. The molecule has 2 heterocycles. The number of nitrogens with two attached hydrogens (primary N) is 1. The van der Waals surface area contributed by atoms with Crippen LogP contribution in [0, 0.1) is 0 Å². The van der Waals surface area contributed by atoms with E-state index in [1.807, 2.05) is 13.8 Å². The van der Waals surface area contributed by atoms with Crippen molar-refractivity contribution in [1.29, 1.82) is 0 Å². The Kier molecular flexibility index (Phi) is 2.43. The number of nitrogen functional groups attached to an aromatic ring is 1. The van der Waals surface area contributed by atoms with E-state index < -0.39 is 0 Å². The molecule has 0 aliphatic carbocycles. The molecule has 0 aliphatic heterocycles. The van der Waals surface area contributed by atoms with Crippen molar-refractivity contribution in [2.24, 2.45) is 5.16 Å². The third-order valence-corrected chi connectivity index (χ3v) is 2.21. The number of oxime groups is 1. The zero-order valence-corrected chi connectivity index (χ0v) is 8.99. The second kappa shape index (κ2) is 3.76. The molecular formula is C9H12N6O. The van der Waals surface area contributed by atoms with Crippen LogP contribution < -0.4 is 5.73 Å². The first-order chi connectivity index (χ1) is 7.65. The lowest BCUT2D eigenvalue weighted by molar-refractivity contribution is 0.321. The van der Waals surface area contributed by atoms with Gasteiger partial charge in [-0.15, -0.1) is 0 Å². The van der Waals surface area contributed by atoms with Gasteiger partial charge in [0, 0.05) is 6.04 Å². The fourth-order valence-corrected chi connectivity index (χ4v) is 1.53. The molecule has 3 N–H and O–H groups in total. The van der Waals surface area contributed by atoms with Crippen molar-refractivity contribution in [3.63, 3.8) is 0 Å². The van der Waals surface area contributed by atoms with Crippen LogP contribution in [-0.2, 0) is 0 Å². The Labute approximate surface area is 91.6 Å². The summed E-state index contributed by atoms with van der Waals surface area (Å²) >= 11 is 0. The molecule has 0 aromatic carbocycles. The first-order valence-electron chi connectivity index (χ1n) is 4.81. The predicted molar refractivity (Wildman–Crippen MR) is 59.5 cm³/mol. The van der Waals surface area contributed by atoms with Crippen molar-refractivity contribution < 1.29 is 5.21 Å². The van der Waals surface area contributed by atoms with Crippen LogP contribution in [0.2, 0.25) is 0 Å². The normalized spacial score (nSPS) is 11.9.